The summed E-state index contributed by atoms with van der Waals surface area (Å²) in [6, 6.07) is 8.85. The number of benzene rings is 1. The van der Waals surface area contributed by atoms with Crippen LogP contribution >= 0.6 is 12.4 Å². The van der Waals surface area contributed by atoms with E-state index in [9.17, 15) is 9.59 Å². The van der Waals surface area contributed by atoms with Gasteiger partial charge in [-0.05, 0) is 30.4 Å². The Balaban J connectivity index is 0.00000261. The molecule has 0 saturated carbocycles. The molecule has 2 N–H and O–H groups in total. The Morgan fingerprint density at radius 1 is 1.15 bits per heavy atom. The van der Waals surface area contributed by atoms with Gasteiger partial charge in [0.15, 0.2) is 0 Å². The van der Waals surface area contributed by atoms with Crippen LogP contribution in [-0.4, -0.2) is 67.4 Å². The topological polar surface area (TPSA) is 64.7 Å². The molecule has 27 heavy (non-hydrogen) atoms. The molecule has 1 aromatic rings. The van der Waals surface area contributed by atoms with Crippen molar-refractivity contribution in [2.45, 2.75) is 32.2 Å². The van der Waals surface area contributed by atoms with Crippen LogP contribution in [0.2, 0.25) is 0 Å². The maximum absolute atomic E-state index is 12.4. The SMILES string of the molecule is CCc1ccc(C2CNCCN2CC(=O)NCC(=O)N2CCCC2)cc1.Cl. The lowest BCUT2D eigenvalue weighted by Crippen LogP contribution is -2.50. The van der Waals surface area contributed by atoms with E-state index in [0.717, 1.165) is 52.0 Å². The van der Waals surface area contributed by atoms with Crippen LogP contribution < -0.4 is 10.6 Å². The summed E-state index contributed by atoms with van der Waals surface area (Å²) in [6.45, 7) is 6.78. The second-order valence-corrected chi connectivity index (χ2v) is 7.15. The van der Waals surface area contributed by atoms with E-state index in [0.29, 0.717) is 6.54 Å². The van der Waals surface area contributed by atoms with Gasteiger partial charge in [-0.2, -0.15) is 0 Å². The molecule has 1 unspecified atom stereocenters. The van der Waals surface area contributed by atoms with Crippen LogP contribution in [0.5, 0.6) is 0 Å². The maximum atomic E-state index is 12.4. The highest BCUT2D eigenvalue weighted by atomic mass is 35.5. The minimum atomic E-state index is -0.0744. The van der Waals surface area contributed by atoms with Gasteiger partial charge in [0.1, 0.15) is 0 Å². The monoisotopic (exact) mass is 394 g/mol. The van der Waals surface area contributed by atoms with E-state index in [1.54, 1.807) is 0 Å². The average Bonchev–Trinajstić information content (AvgIpc) is 3.21. The Labute approximate surface area is 168 Å². The van der Waals surface area contributed by atoms with Crippen molar-refractivity contribution in [3.8, 4) is 0 Å². The van der Waals surface area contributed by atoms with E-state index in [4.69, 9.17) is 0 Å². The van der Waals surface area contributed by atoms with Gasteiger partial charge in [-0.3, -0.25) is 14.5 Å². The molecule has 0 spiro atoms. The molecule has 2 heterocycles. The third-order valence-electron chi connectivity index (χ3n) is 5.37. The standard InChI is InChI=1S/C20H30N4O2.ClH/c1-2-16-5-7-17(8-6-16)18-13-21-9-12-24(18)15-19(25)22-14-20(26)23-10-3-4-11-23;/h5-8,18,21H,2-4,9-15H2,1H3,(H,22,25);1H. The Morgan fingerprint density at radius 3 is 2.52 bits per heavy atom. The van der Waals surface area contributed by atoms with Crippen LogP contribution in [0.4, 0.5) is 0 Å². The second-order valence-electron chi connectivity index (χ2n) is 7.15. The van der Waals surface area contributed by atoms with Crippen molar-refractivity contribution >= 4 is 24.2 Å². The average molecular weight is 395 g/mol. The first-order valence-electron chi connectivity index (χ1n) is 9.75. The number of amides is 2. The Bertz CT molecular complexity index is 617. The number of halogens is 1. The number of hydrogen-bond donors (Lipinski definition) is 2. The summed E-state index contributed by atoms with van der Waals surface area (Å²) < 4.78 is 0. The fourth-order valence-electron chi connectivity index (χ4n) is 3.73. The van der Waals surface area contributed by atoms with Gasteiger partial charge in [0.2, 0.25) is 11.8 Å². The molecule has 7 heteroatoms. The molecule has 2 saturated heterocycles. The molecule has 0 aromatic heterocycles. The Morgan fingerprint density at radius 2 is 1.85 bits per heavy atom. The predicted molar refractivity (Wildman–Crippen MR) is 109 cm³/mol. The van der Waals surface area contributed by atoms with Crippen molar-refractivity contribution in [3.63, 3.8) is 0 Å². The maximum Gasteiger partial charge on any atom is 0.241 e. The largest absolute Gasteiger partial charge is 0.346 e. The van der Waals surface area contributed by atoms with Gasteiger partial charge < -0.3 is 15.5 Å². The van der Waals surface area contributed by atoms with Gasteiger partial charge in [0, 0.05) is 38.8 Å². The first-order chi connectivity index (χ1) is 12.7. The first kappa shape index (κ1) is 21.7. The summed E-state index contributed by atoms with van der Waals surface area (Å²) in [5.74, 6) is -0.0440. The molecule has 3 rings (SSSR count). The van der Waals surface area contributed by atoms with E-state index in [-0.39, 0.29) is 36.8 Å². The zero-order valence-electron chi connectivity index (χ0n) is 16.1. The van der Waals surface area contributed by atoms with E-state index >= 15 is 0 Å². The summed E-state index contributed by atoms with van der Waals surface area (Å²) in [4.78, 5) is 28.5. The molecule has 1 atom stereocenters. The molecule has 0 aliphatic carbocycles. The highest BCUT2D eigenvalue weighted by molar-refractivity contribution is 5.86. The highest BCUT2D eigenvalue weighted by Crippen LogP contribution is 2.22. The lowest BCUT2D eigenvalue weighted by Gasteiger charge is -2.36. The van der Waals surface area contributed by atoms with Crippen LogP contribution in [0.25, 0.3) is 0 Å². The van der Waals surface area contributed by atoms with E-state index in [1.807, 2.05) is 4.90 Å². The summed E-state index contributed by atoms with van der Waals surface area (Å²) >= 11 is 0. The van der Waals surface area contributed by atoms with Crippen LogP contribution in [0.1, 0.15) is 36.9 Å². The number of carbonyl (C=O) groups is 2. The van der Waals surface area contributed by atoms with Crippen LogP contribution in [-0.2, 0) is 16.0 Å². The van der Waals surface area contributed by atoms with Gasteiger partial charge >= 0.3 is 0 Å². The number of carbonyl (C=O) groups excluding carboxylic acids is 2. The van der Waals surface area contributed by atoms with E-state index in [1.165, 1.54) is 11.1 Å². The first-order valence-corrected chi connectivity index (χ1v) is 9.75. The molecule has 0 bridgehead atoms. The molecule has 2 amide bonds. The van der Waals surface area contributed by atoms with Crippen molar-refractivity contribution in [3.05, 3.63) is 35.4 Å². The van der Waals surface area contributed by atoms with Gasteiger partial charge in [0.05, 0.1) is 13.1 Å². The lowest BCUT2D eigenvalue weighted by molar-refractivity contribution is -0.132. The number of hydrogen-bond acceptors (Lipinski definition) is 4. The fraction of sp³-hybridized carbons (Fsp3) is 0.600. The number of piperazine rings is 1. The van der Waals surface area contributed by atoms with Crippen LogP contribution in [0.15, 0.2) is 24.3 Å². The lowest BCUT2D eigenvalue weighted by atomic mass is 10.0. The Kier molecular flexibility index (Phi) is 8.54. The molecule has 6 nitrogen and oxygen atoms in total. The number of nitrogens with zero attached hydrogens (tertiary/aromatic N) is 2. The van der Waals surface area contributed by atoms with Crippen LogP contribution in [0.3, 0.4) is 0 Å². The Hall–Kier alpha value is -1.63. The third kappa shape index (κ3) is 5.92. The normalized spacial score (nSPS) is 20.2. The predicted octanol–water partition coefficient (Wildman–Crippen LogP) is 1.36. The minimum Gasteiger partial charge on any atom is -0.346 e. The number of nitrogens with one attached hydrogen (secondary N) is 2. The summed E-state index contributed by atoms with van der Waals surface area (Å²) in [5.41, 5.74) is 2.55. The molecular weight excluding hydrogens is 364 g/mol. The second kappa shape index (κ2) is 10.6. The summed E-state index contributed by atoms with van der Waals surface area (Å²) in [6.07, 6.45) is 3.16. The van der Waals surface area contributed by atoms with Gasteiger partial charge in [-0.25, -0.2) is 0 Å². The van der Waals surface area contributed by atoms with Crippen LogP contribution in [0, 0.1) is 0 Å². The van der Waals surface area contributed by atoms with Crippen molar-refractivity contribution in [2.75, 3.05) is 45.8 Å². The third-order valence-corrected chi connectivity index (χ3v) is 5.37. The molecule has 0 radical (unpaired) electrons. The summed E-state index contributed by atoms with van der Waals surface area (Å²) in [5, 5.41) is 6.22. The number of aryl methyl sites for hydroxylation is 1. The summed E-state index contributed by atoms with van der Waals surface area (Å²) in [7, 11) is 0. The van der Waals surface area contributed by atoms with Gasteiger partial charge in [0.25, 0.3) is 0 Å². The molecular formula is C20H31ClN4O2. The fourth-order valence-corrected chi connectivity index (χ4v) is 3.73. The minimum absolute atomic E-state index is 0. The molecule has 2 aliphatic rings. The zero-order chi connectivity index (χ0) is 18.4. The van der Waals surface area contributed by atoms with Crippen molar-refractivity contribution in [1.29, 1.82) is 0 Å². The zero-order valence-corrected chi connectivity index (χ0v) is 16.9. The molecule has 150 valence electrons. The van der Waals surface area contributed by atoms with Crippen molar-refractivity contribution < 1.29 is 9.59 Å². The molecule has 2 fully saturated rings. The number of likely N-dealkylation sites (tertiary alicyclic amines) is 1. The van der Waals surface area contributed by atoms with Gasteiger partial charge in [-0.1, -0.05) is 31.2 Å². The van der Waals surface area contributed by atoms with E-state index in [2.05, 4.69) is 46.7 Å². The van der Waals surface area contributed by atoms with Crippen molar-refractivity contribution in [2.24, 2.45) is 0 Å². The van der Waals surface area contributed by atoms with Gasteiger partial charge in [-0.15, -0.1) is 12.4 Å². The van der Waals surface area contributed by atoms with E-state index < -0.39 is 0 Å². The molecule has 1 aromatic carbocycles. The van der Waals surface area contributed by atoms with Crippen molar-refractivity contribution in [1.82, 2.24) is 20.4 Å². The number of rotatable bonds is 6. The highest BCUT2D eigenvalue weighted by Gasteiger charge is 2.26. The smallest absolute Gasteiger partial charge is 0.241 e. The molecule has 2 aliphatic heterocycles. The quantitative estimate of drug-likeness (QED) is 0.764.